The largest absolute Gasteiger partial charge is 0.494 e. The van der Waals surface area contributed by atoms with Crippen LogP contribution in [0.25, 0.3) is 0 Å². The van der Waals surface area contributed by atoms with E-state index < -0.39 is 0 Å². The standard InChI is InChI=1S/C20H29NO/c1-3-12-22-16-8-7-15-13-19-17-6-4-5-9-20(17,18(15)14-16)10-11-21(19)2/h7-8,14,17,19H,3-6,9-13H2,1-2H3/t17-,19+,20+/m0/s1. The smallest absolute Gasteiger partial charge is 0.119 e. The molecule has 3 aliphatic rings. The van der Waals surface area contributed by atoms with Gasteiger partial charge in [-0.2, -0.15) is 0 Å². The van der Waals surface area contributed by atoms with Gasteiger partial charge < -0.3 is 9.64 Å². The number of benzene rings is 1. The van der Waals surface area contributed by atoms with E-state index in [4.69, 9.17) is 4.74 Å². The minimum atomic E-state index is 0.453. The van der Waals surface area contributed by atoms with Crippen LogP contribution in [0.2, 0.25) is 0 Å². The summed E-state index contributed by atoms with van der Waals surface area (Å²) in [6, 6.07) is 7.73. The fourth-order valence-electron chi connectivity index (χ4n) is 5.49. The number of likely N-dealkylation sites (tertiary alicyclic amines) is 1. The molecule has 1 saturated heterocycles. The van der Waals surface area contributed by atoms with Crippen molar-refractivity contribution in [2.24, 2.45) is 5.92 Å². The molecule has 4 rings (SSSR count). The van der Waals surface area contributed by atoms with Crippen LogP contribution in [0.15, 0.2) is 18.2 Å². The Morgan fingerprint density at radius 2 is 2.18 bits per heavy atom. The van der Waals surface area contributed by atoms with E-state index in [1.807, 2.05) is 0 Å². The fourth-order valence-corrected chi connectivity index (χ4v) is 5.49. The maximum absolute atomic E-state index is 5.95. The summed E-state index contributed by atoms with van der Waals surface area (Å²) in [5, 5.41) is 0. The van der Waals surface area contributed by atoms with Gasteiger partial charge in [-0.1, -0.05) is 25.8 Å². The highest BCUT2D eigenvalue weighted by Gasteiger charge is 2.53. The number of fused-ring (bicyclic) bond motifs is 1. The average Bonchev–Trinajstić information content (AvgIpc) is 2.56. The van der Waals surface area contributed by atoms with Gasteiger partial charge in [-0.3, -0.25) is 0 Å². The van der Waals surface area contributed by atoms with Crippen LogP contribution in [-0.2, 0) is 11.8 Å². The molecule has 0 aromatic heterocycles. The highest BCUT2D eigenvalue weighted by Crippen LogP contribution is 2.55. The van der Waals surface area contributed by atoms with Gasteiger partial charge in [0.1, 0.15) is 5.75 Å². The molecule has 1 aromatic rings. The van der Waals surface area contributed by atoms with Crippen molar-refractivity contribution >= 4 is 0 Å². The van der Waals surface area contributed by atoms with Crippen molar-refractivity contribution in [3.8, 4) is 5.75 Å². The molecule has 0 N–H and O–H groups in total. The Bertz CT molecular complexity index is 555. The van der Waals surface area contributed by atoms with E-state index >= 15 is 0 Å². The lowest BCUT2D eigenvalue weighted by molar-refractivity contribution is 0.00271. The molecule has 2 aliphatic carbocycles. The molecule has 0 radical (unpaired) electrons. The van der Waals surface area contributed by atoms with Crippen LogP contribution in [0.5, 0.6) is 5.75 Å². The number of hydrogen-bond acceptors (Lipinski definition) is 2. The number of hydrogen-bond donors (Lipinski definition) is 0. The molecule has 1 aromatic carbocycles. The van der Waals surface area contributed by atoms with Crippen molar-refractivity contribution in [3.05, 3.63) is 29.3 Å². The number of rotatable bonds is 3. The summed E-state index contributed by atoms with van der Waals surface area (Å²) in [7, 11) is 2.34. The van der Waals surface area contributed by atoms with Crippen LogP contribution in [0.3, 0.4) is 0 Å². The molecule has 120 valence electrons. The molecule has 1 aliphatic heterocycles. The Labute approximate surface area is 134 Å². The van der Waals surface area contributed by atoms with Gasteiger partial charge in [0, 0.05) is 11.5 Å². The van der Waals surface area contributed by atoms with Crippen LogP contribution < -0.4 is 4.74 Å². The lowest BCUT2D eigenvalue weighted by Crippen LogP contribution is -2.59. The lowest BCUT2D eigenvalue weighted by atomic mass is 9.52. The first kappa shape index (κ1) is 14.6. The van der Waals surface area contributed by atoms with Crippen molar-refractivity contribution in [1.82, 2.24) is 4.90 Å². The highest BCUT2D eigenvalue weighted by atomic mass is 16.5. The summed E-state index contributed by atoms with van der Waals surface area (Å²) in [4.78, 5) is 2.64. The normalized spacial score (nSPS) is 33.9. The Balaban J connectivity index is 1.77. The van der Waals surface area contributed by atoms with Gasteiger partial charge in [0.05, 0.1) is 6.61 Å². The summed E-state index contributed by atoms with van der Waals surface area (Å²) in [5.41, 5.74) is 3.70. The second-order valence-corrected chi connectivity index (χ2v) is 7.68. The predicted octanol–water partition coefficient (Wildman–Crippen LogP) is 4.16. The van der Waals surface area contributed by atoms with Crippen molar-refractivity contribution in [3.63, 3.8) is 0 Å². The van der Waals surface area contributed by atoms with E-state index in [0.717, 1.165) is 30.7 Å². The van der Waals surface area contributed by atoms with Crippen molar-refractivity contribution in [2.45, 2.75) is 63.3 Å². The summed E-state index contributed by atoms with van der Waals surface area (Å²) in [5.74, 6) is 1.96. The molecule has 0 amide bonds. The first-order chi connectivity index (χ1) is 10.7. The molecule has 3 atom stereocenters. The molecular weight excluding hydrogens is 270 g/mol. The van der Waals surface area contributed by atoms with Crippen LogP contribution in [0.4, 0.5) is 0 Å². The van der Waals surface area contributed by atoms with E-state index in [0.29, 0.717) is 5.41 Å². The predicted molar refractivity (Wildman–Crippen MR) is 90.6 cm³/mol. The van der Waals surface area contributed by atoms with Crippen LogP contribution in [0.1, 0.15) is 56.6 Å². The minimum absolute atomic E-state index is 0.453. The third kappa shape index (κ3) is 2.11. The summed E-state index contributed by atoms with van der Waals surface area (Å²) in [6.45, 7) is 4.27. The Morgan fingerprint density at radius 1 is 1.27 bits per heavy atom. The average molecular weight is 299 g/mol. The molecule has 2 fully saturated rings. The quantitative estimate of drug-likeness (QED) is 0.831. The number of nitrogens with zero attached hydrogens (tertiary/aromatic N) is 1. The number of ether oxygens (including phenoxy) is 1. The fraction of sp³-hybridized carbons (Fsp3) is 0.700. The zero-order chi connectivity index (χ0) is 15.2. The van der Waals surface area contributed by atoms with Crippen molar-refractivity contribution in [2.75, 3.05) is 20.2 Å². The van der Waals surface area contributed by atoms with Gasteiger partial charge in [-0.15, -0.1) is 0 Å². The third-order valence-corrected chi connectivity index (χ3v) is 6.56. The Kier molecular flexibility index (Phi) is 3.68. The van der Waals surface area contributed by atoms with Gasteiger partial charge in [-0.25, -0.2) is 0 Å². The van der Waals surface area contributed by atoms with Crippen LogP contribution >= 0.6 is 0 Å². The Hall–Kier alpha value is -1.02. The zero-order valence-corrected chi connectivity index (χ0v) is 14.1. The van der Waals surface area contributed by atoms with Gasteiger partial charge in [0.15, 0.2) is 0 Å². The summed E-state index contributed by atoms with van der Waals surface area (Å²) in [6.07, 6.45) is 9.32. The third-order valence-electron chi connectivity index (χ3n) is 6.56. The molecule has 1 heterocycles. The van der Waals surface area contributed by atoms with Crippen LogP contribution in [-0.4, -0.2) is 31.1 Å². The van der Waals surface area contributed by atoms with Gasteiger partial charge in [-0.05, 0) is 74.9 Å². The molecule has 1 saturated carbocycles. The van der Waals surface area contributed by atoms with Crippen LogP contribution in [0, 0.1) is 5.92 Å². The summed E-state index contributed by atoms with van der Waals surface area (Å²) >= 11 is 0. The molecular formula is C20H29NO. The van der Waals surface area contributed by atoms with Gasteiger partial charge >= 0.3 is 0 Å². The zero-order valence-electron chi connectivity index (χ0n) is 14.1. The Morgan fingerprint density at radius 3 is 3.05 bits per heavy atom. The van der Waals surface area contributed by atoms with Crippen molar-refractivity contribution in [1.29, 1.82) is 0 Å². The molecule has 2 bridgehead atoms. The van der Waals surface area contributed by atoms with E-state index in [2.05, 4.69) is 37.1 Å². The SMILES string of the molecule is CCCOc1ccc2c(c1)[C@@]13CCCC[C@H]1[C@@H](C2)N(C)CC3. The van der Waals surface area contributed by atoms with E-state index in [1.54, 1.807) is 11.1 Å². The second-order valence-electron chi connectivity index (χ2n) is 7.68. The van der Waals surface area contributed by atoms with Gasteiger partial charge in [0.2, 0.25) is 0 Å². The minimum Gasteiger partial charge on any atom is -0.494 e. The summed E-state index contributed by atoms with van der Waals surface area (Å²) < 4.78 is 5.95. The molecule has 2 nitrogen and oxygen atoms in total. The highest BCUT2D eigenvalue weighted by molar-refractivity contribution is 5.45. The molecule has 2 heteroatoms. The molecule has 0 spiro atoms. The van der Waals surface area contributed by atoms with Gasteiger partial charge in [0.25, 0.3) is 0 Å². The topological polar surface area (TPSA) is 12.5 Å². The number of piperidine rings is 1. The lowest BCUT2D eigenvalue weighted by Gasteiger charge is -2.58. The maximum atomic E-state index is 5.95. The molecule has 0 unspecified atom stereocenters. The number of likely N-dealkylation sites (N-methyl/N-ethyl adjacent to an activating group) is 1. The van der Waals surface area contributed by atoms with E-state index in [1.165, 1.54) is 45.1 Å². The van der Waals surface area contributed by atoms with Crippen molar-refractivity contribution < 1.29 is 4.74 Å². The molecule has 22 heavy (non-hydrogen) atoms. The first-order valence-electron chi connectivity index (χ1n) is 9.21. The monoisotopic (exact) mass is 299 g/mol. The van der Waals surface area contributed by atoms with E-state index in [-0.39, 0.29) is 0 Å². The second kappa shape index (κ2) is 5.56. The first-order valence-corrected chi connectivity index (χ1v) is 9.21. The van der Waals surface area contributed by atoms with E-state index in [9.17, 15) is 0 Å². The maximum Gasteiger partial charge on any atom is 0.119 e.